The van der Waals surface area contributed by atoms with Crippen LogP contribution in [0.4, 0.5) is 0 Å². The van der Waals surface area contributed by atoms with Crippen molar-refractivity contribution >= 4 is 5.97 Å². The van der Waals surface area contributed by atoms with Gasteiger partial charge in [0, 0.05) is 6.54 Å². The molecule has 0 spiro atoms. The van der Waals surface area contributed by atoms with E-state index >= 15 is 0 Å². The summed E-state index contributed by atoms with van der Waals surface area (Å²) in [7, 11) is 1.74. The number of carbonyl (C=O) groups is 1. The standard InChI is InChI=1S/C16H24N2O2/c1-17-16(15(19)20,14-9-5-4-6-10-14)13-18-11-7-2-3-8-12-18/h4-6,9-10,17H,2-3,7-8,11-13H2,1H3,(H,19,20). The van der Waals surface area contributed by atoms with Crippen LogP contribution in [0.15, 0.2) is 30.3 Å². The Morgan fingerprint density at radius 2 is 1.80 bits per heavy atom. The molecular formula is C16H24N2O2. The molecule has 0 amide bonds. The molecule has 1 atom stereocenters. The van der Waals surface area contributed by atoms with Crippen LogP contribution in [0.1, 0.15) is 31.2 Å². The Bertz CT molecular complexity index is 427. The number of hydrogen-bond acceptors (Lipinski definition) is 3. The highest BCUT2D eigenvalue weighted by molar-refractivity contribution is 5.81. The Morgan fingerprint density at radius 1 is 1.20 bits per heavy atom. The van der Waals surface area contributed by atoms with Gasteiger partial charge in [-0.3, -0.25) is 0 Å². The topological polar surface area (TPSA) is 52.6 Å². The zero-order chi connectivity index (χ0) is 14.4. The summed E-state index contributed by atoms with van der Waals surface area (Å²) >= 11 is 0. The second kappa shape index (κ2) is 6.86. The molecule has 0 saturated carbocycles. The maximum absolute atomic E-state index is 11.9. The van der Waals surface area contributed by atoms with Crippen LogP contribution < -0.4 is 5.32 Å². The molecule has 0 aromatic heterocycles. The number of likely N-dealkylation sites (tertiary alicyclic amines) is 1. The van der Waals surface area contributed by atoms with Crippen LogP contribution in [-0.4, -0.2) is 42.7 Å². The van der Waals surface area contributed by atoms with Crippen molar-refractivity contribution in [3.05, 3.63) is 35.9 Å². The summed E-state index contributed by atoms with van der Waals surface area (Å²) < 4.78 is 0. The summed E-state index contributed by atoms with van der Waals surface area (Å²) in [6.07, 6.45) is 4.82. The Hall–Kier alpha value is -1.39. The van der Waals surface area contributed by atoms with Gasteiger partial charge in [0.05, 0.1) is 0 Å². The van der Waals surface area contributed by atoms with Gasteiger partial charge < -0.3 is 15.3 Å². The predicted octanol–water partition coefficient (Wildman–Crippen LogP) is 2.06. The molecule has 1 aliphatic rings. The molecule has 20 heavy (non-hydrogen) atoms. The van der Waals surface area contributed by atoms with Gasteiger partial charge >= 0.3 is 5.97 Å². The number of aliphatic carboxylic acids is 1. The maximum atomic E-state index is 11.9. The number of carboxylic acids is 1. The second-order valence-electron chi connectivity index (χ2n) is 5.52. The first-order chi connectivity index (χ1) is 9.69. The molecule has 1 aliphatic heterocycles. The van der Waals surface area contributed by atoms with Crippen molar-refractivity contribution in [3.8, 4) is 0 Å². The Morgan fingerprint density at radius 3 is 2.30 bits per heavy atom. The van der Waals surface area contributed by atoms with E-state index in [0.29, 0.717) is 6.54 Å². The lowest BCUT2D eigenvalue weighted by molar-refractivity contribution is -0.146. The first-order valence-corrected chi connectivity index (χ1v) is 7.39. The van der Waals surface area contributed by atoms with Gasteiger partial charge in [0.15, 0.2) is 5.54 Å². The molecule has 1 heterocycles. The quantitative estimate of drug-likeness (QED) is 0.864. The Kier molecular flexibility index (Phi) is 5.15. The molecule has 2 rings (SSSR count). The van der Waals surface area contributed by atoms with Gasteiger partial charge in [-0.15, -0.1) is 0 Å². The van der Waals surface area contributed by atoms with Crippen molar-refractivity contribution in [2.75, 3.05) is 26.7 Å². The number of carboxylic acid groups (broad SMARTS) is 1. The predicted molar refractivity (Wildman–Crippen MR) is 79.7 cm³/mol. The fraction of sp³-hybridized carbons (Fsp3) is 0.562. The Balaban J connectivity index is 2.25. The normalized spacial score (nSPS) is 20.1. The van der Waals surface area contributed by atoms with Gasteiger partial charge in [-0.25, -0.2) is 4.79 Å². The van der Waals surface area contributed by atoms with Gasteiger partial charge in [0.1, 0.15) is 0 Å². The van der Waals surface area contributed by atoms with Crippen LogP contribution in [-0.2, 0) is 10.3 Å². The third-order valence-corrected chi connectivity index (χ3v) is 4.22. The molecule has 4 heteroatoms. The summed E-state index contributed by atoms with van der Waals surface area (Å²) in [5, 5.41) is 12.8. The van der Waals surface area contributed by atoms with Crippen LogP contribution in [0.5, 0.6) is 0 Å². The van der Waals surface area contributed by atoms with Crippen LogP contribution in [0.3, 0.4) is 0 Å². The SMILES string of the molecule is CNC(CN1CCCCCC1)(C(=O)O)c1ccccc1. The first-order valence-electron chi connectivity index (χ1n) is 7.39. The highest BCUT2D eigenvalue weighted by atomic mass is 16.4. The van der Waals surface area contributed by atoms with Crippen molar-refractivity contribution in [1.82, 2.24) is 10.2 Å². The third-order valence-electron chi connectivity index (χ3n) is 4.22. The molecule has 0 bridgehead atoms. The van der Waals surface area contributed by atoms with Gasteiger partial charge in [-0.05, 0) is 38.5 Å². The molecule has 1 aromatic carbocycles. The third kappa shape index (κ3) is 3.19. The van der Waals surface area contributed by atoms with Crippen molar-refractivity contribution in [2.24, 2.45) is 0 Å². The lowest BCUT2D eigenvalue weighted by atomic mass is 9.89. The van der Waals surface area contributed by atoms with E-state index in [1.54, 1.807) is 7.05 Å². The number of nitrogens with zero attached hydrogens (tertiary/aromatic N) is 1. The van der Waals surface area contributed by atoms with Crippen molar-refractivity contribution < 1.29 is 9.90 Å². The van der Waals surface area contributed by atoms with E-state index in [1.807, 2.05) is 30.3 Å². The minimum absolute atomic E-state index is 0.517. The van der Waals surface area contributed by atoms with Crippen LogP contribution in [0.25, 0.3) is 0 Å². The van der Waals surface area contributed by atoms with E-state index in [1.165, 1.54) is 12.8 Å². The summed E-state index contributed by atoms with van der Waals surface area (Å²) in [6.45, 7) is 2.50. The van der Waals surface area contributed by atoms with E-state index < -0.39 is 11.5 Å². The highest BCUT2D eigenvalue weighted by Gasteiger charge is 2.40. The minimum atomic E-state index is -1.02. The second-order valence-corrected chi connectivity index (χ2v) is 5.52. The van der Waals surface area contributed by atoms with Crippen LogP contribution in [0.2, 0.25) is 0 Å². The Labute approximate surface area is 120 Å². The number of nitrogens with one attached hydrogen (secondary N) is 1. The minimum Gasteiger partial charge on any atom is -0.480 e. The van der Waals surface area contributed by atoms with Gasteiger partial charge in [0.2, 0.25) is 0 Å². The molecule has 1 unspecified atom stereocenters. The van der Waals surface area contributed by atoms with Gasteiger partial charge in [-0.2, -0.15) is 0 Å². The highest BCUT2D eigenvalue weighted by Crippen LogP contribution is 2.24. The van der Waals surface area contributed by atoms with E-state index in [4.69, 9.17) is 0 Å². The molecular weight excluding hydrogens is 252 g/mol. The maximum Gasteiger partial charge on any atom is 0.329 e. The largest absolute Gasteiger partial charge is 0.480 e. The van der Waals surface area contributed by atoms with Crippen molar-refractivity contribution in [3.63, 3.8) is 0 Å². The van der Waals surface area contributed by atoms with Crippen LogP contribution in [0, 0.1) is 0 Å². The van der Waals surface area contributed by atoms with Gasteiger partial charge in [-0.1, -0.05) is 43.2 Å². The molecule has 1 fully saturated rings. The zero-order valence-corrected chi connectivity index (χ0v) is 12.1. The molecule has 0 radical (unpaired) electrons. The molecule has 0 aliphatic carbocycles. The number of hydrogen-bond donors (Lipinski definition) is 2. The molecule has 1 saturated heterocycles. The summed E-state index contributed by atoms with van der Waals surface area (Å²) in [5.41, 5.74) is -0.203. The first kappa shape index (κ1) is 15.0. The smallest absolute Gasteiger partial charge is 0.329 e. The average molecular weight is 276 g/mol. The fourth-order valence-corrected chi connectivity index (χ4v) is 2.97. The average Bonchev–Trinajstić information content (AvgIpc) is 2.74. The number of likely N-dealkylation sites (N-methyl/N-ethyl adjacent to an activating group) is 1. The molecule has 1 aromatic rings. The zero-order valence-electron chi connectivity index (χ0n) is 12.1. The number of rotatable bonds is 5. The van der Waals surface area contributed by atoms with E-state index in [0.717, 1.165) is 31.5 Å². The monoisotopic (exact) mass is 276 g/mol. The van der Waals surface area contributed by atoms with Crippen molar-refractivity contribution in [1.29, 1.82) is 0 Å². The van der Waals surface area contributed by atoms with Crippen LogP contribution >= 0.6 is 0 Å². The van der Waals surface area contributed by atoms with E-state index in [-0.39, 0.29) is 0 Å². The molecule has 4 nitrogen and oxygen atoms in total. The van der Waals surface area contributed by atoms with E-state index in [2.05, 4.69) is 10.2 Å². The molecule has 110 valence electrons. The lowest BCUT2D eigenvalue weighted by Crippen LogP contribution is -2.55. The van der Waals surface area contributed by atoms with E-state index in [9.17, 15) is 9.90 Å². The molecule has 2 N–H and O–H groups in total. The summed E-state index contributed by atoms with van der Waals surface area (Å²) in [5.74, 6) is -0.810. The fourth-order valence-electron chi connectivity index (χ4n) is 2.97. The summed E-state index contributed by atoms with van der Waals surface area (Å²) in [4.78, 5) is 14.2. The van der Waals surface area contributed by atoms with Gasteiger partial charge in [0.25, 0.3) is 0 Å². The number of benzene rings is 1. The summed E-state index contributed by atoms with van der Waals surface area (Å²) in [6, 6.07) is 9.49. The van der Waals surface area contributed by atoms with Crippen molar-refractivity contribution in [2.45, 2.75) is 31.2 Å². The lowest BCUT2D eigenvalue weighted by Gasteiger charge is -2.35.